The van der Waals surface area contributed by atoms with Crippen LogP contribution in [0, 0.1) is 0 Å². The summed E-state index contributed by atoms with van der Waals surface area (Å²) in [6, 6.07) is 45.4. The van der Waals surface area contributed by atoms with Gasteiger partial charge in [0, 0.05) is 39.2 Å². The summed E-state index contributed by atoms with van der Waals surface area (Å²) in [5, 5.41) is 15.0. The van der Waals surface area contributed by atoms with E-state index in [2.05, 4.69) is 104 Å². The third-order valence-electron chi connectivity index (χ3n) is 7.77. The van der Waals surface area contributed by atoms with Gasteiger partial charge in [-0.15, -0.1) is 0 Å². The first-order chi connectivity index (χ1) is 21.6. The van der Waals surface area contributed by atoms with Crippen molar-refractivity contribution in [1.82, 2.24) is 4.98 Å². The molecule has 0 saturated heterocycles. The van der Waals surface area contributed by atoms with E-state index in [1.54, 1.807) is 13.3 Å². The molecule has 6 nitrogen and oxygen atoms in total. The van der Waals surface area contributed by atoms with Crippen molar-refractivity contribution in [3.8, 4) is 16.9 Å². The van der Waals surface area contributed by atoms with Crippen LogP contribution in [0.5, 0.6) is 5.75 Å². The lowest BCUT2D eigenvalue weighted by atomic mass is 9.95. The van der Waals surface area contributed by atoms with Crippen molar-refractivity contribution in [3.63, 3.8) is 0 Å². The molecule has 216 valence electrons. The molecule has 0 fully saturated rings. The Hall–Kier alpha value is -5.27. The maximum Gasteiger partial charge on any atom is 0.162 e. The molecule has 1 aromatic heterocycles. The van der Waals surface area contributed by atoms with Gasteiger partial charge in [0.25, 0.3) is 0 Å². The van der Waals surface area contributed by atoms with Crippen molar-refractivity contribution in [1.29, 1.82) is 0 Å². The van der Waals surface area contributed by atoms with Gasteiger partial charge in [0.05, 0.1) is 24.2 Å². The van der Waals surface area contributed by atoms with Gasteiger partial charge in [-0.05, 0) is 65.7 Å². The molecule has 44 heavy (non-hydrogen) atoms. The monoisotopic (exact) mass is 639 g/mol. The van der Waals surface area contributed by atoms with Crippen LogP contribution in [0.4, 0.5) is 34.3 Å². The van der Waals surface area contributed by atoms with Crippen LogP contribution < -0.4 is 26.0 Å². The van der Waals surface area contributed by atoms with Crippen LogP contribution >= 0.6 is 15.9 Å². The highest BCUT2D eigenvalue weighted by atomic mass is 79.9. The van der Waals surface area contributed by atoms with E-state index >= 15 is 0 Å². The number of pyridine rings is 1. The maximum atomic E-state index is 5.47. The highest BCUT2D eigenvalue weighted by molar-refractivity contribution is 9.10. The lowest BCUT2D eigenvalue weighted by Crippen LogP contribution is -2.43. The Morgan fingerprint density at radius 2 is 1.20 bits per heavy atom. The van der Waals surface area contributed by atoms with E-state index in [0.29, 0.717) is 0 Å². The van der Waals surface area contributed by atoms with Gasteiger partial charge in [0.2, 0.25) is 0 Å². The van der Waals surface area contributed by atoms with Crippen molar-refractivity contribution in [2.45, 2.75) is 5.66 Å². The number of halogens is 1. The predicted octanol–water partition coefficient (Wildman–Crippen LogP) is 9.75. The van der Waals surface area contributed by atoms with Crippen molar-refractivity contribution < 1.29 is 4.74 Å². The van der Waals surface area contributed by atoms with Crippen LogP contribution in [0.3, 0.4) is 0 Å². The fourth-order valence-electron chi connectivity index (χ4n) is 5.81. The van der Waals surface area contributed by atoms with Crippen LogP contribution in [0.2, 0.25) is 0 Å². The normalized spacial score (nSPS) is 12.5. The Kier molecular flexibility index (Phi) is 7.38. The molecule has 0 atom stereocenters. The summed E-state index contributed by atoms with van der Waals surface area (Å²) in [5.74, 6) is 1.51. The van der Waals surface area contributed by atoms with E-state index in [0.717, 1.165) is 55.6 Å². The standard InChI is InChI=1S/C37H30BrN5O/c1-44-28-14-9-13-27(24-28)40-33-19-6-7-20-34(33)42-37(31-17-4-2-15-29(31)30-16-3-5-18-32(30)37)43-35-21-10-22-39-36(35)41-26-12-8-11-25(38)23-26/h2-24,40,42-43H,1H3,(H,39,41). The molecule has 0 saturated carbocycles. The van der Waals surface area contributed by atoms with Crippen LogP contribution in [0.1, 0.15) is 11.1 Å². The highest BCUT2D eigenvalue weighted by Crippen LogP contribution is 2.50. The summed E-state index contributed by atoms with van der Waals surface area (Å²) >= 11 is 3.59. The van der Waals surface area contributed by atoms with Crippen molar-refractivity contribution >= 4 is 50.2 Å². The zero-order valence-corrected chi connectivity index (χ0v) is 25.6. The minimum atomic E-state index is -0.823. The van der Waals surface area contributed by atoms with E-state index in [1.165, 1.54) is 11.1 Å². The van der Waals surface area contributed by atoms with Crippen LogP contribution in [-0.2, 0) is 5.66 Å². The Bertz CT molecular complexity index is 1910. The number of para-hydroxylation sites is 2. The Morgan fingerprint density at radius 1 is 0.591 bits per heavy atom. The number of nitrogens with one attached hydrogen (secondary N) is 4. The lowest BCUT2D eigenvalue weighted by Gasteiger charge is -2.37. The second kappa shape index (κ2) is 11.8. The molecule has 1 heterocycles. The number of aromatic nitrogens is 1. The minimum Gasteiger partial charge on any atom is -0.497 e. The van der Waals surface area contributed by atoms with E-state index in [9.17, 15) is 0 Å². The molecule has 0 unspecified atom stereocenters. The quantitative estimate of drug-likeness (QED) is 0.118. The molecule has 5 aromatic carbocycles. The molecule has 6 aromatic rings. The third-order valence-corrected chi connectivity index (χ3v) is 8.26. The average molecular weight is 641 g/mol. The number of hydrogen-bond donors (Lipinski definition) is 4. The SMILES string of the molecule is COc1cccc(Nc2ccccc2NC2(Nc3cccnc3Nc3cccc(Br)c3)c3ccccc3-c3ccccc32)c1. The van der Waals surface area contributed by atoms with E-state index in [1.807, 2.05) is 66.7 Å². The number of ether oxygens (including phenoxy) is 1. The molecule has 0 bridgehead atoms. The number of anilines is 6. The van der Waals surface area contributed by atoms with Crippen molar-refractivity contribution in [2.75, 3.05) is 28.4 Å². The second-order valence-corrected chi connectivity index (χ2v) is 11.4. The molecule has 4 N–H and O–H groups in total. The Labute approximate surface area is 265 Å². The van der Waals surface area contributed by atoms with Gasteiger partial charge in [0.1, 0.15) is 5.75 Å². The molecule has 7 heteroatoms. The summed E-state index contributed by atoms with van der Waals surface area (Å²) in [4.78, 5) is 4.74. The first-order valence-corrected chi connectivity index (χ1v) is 15.2. The molecule has 1 aliphatic carbocycles. The van der Waals surface area contributed by atoms with Crippen molar-refractivity contribution in [3.05, 3.63) is 155 Å². The molecule has 0 aliphatic heterocycles. The van der Waals surface area contributed by atoms with Gasteiger partial charge in [-0.1, -0.05) is 88.7 Å². The summed E-state index contributed by atoms with van der Waals surface area (Å²) in [6.07, 6.45) is 1.80. The zero-order chi connectivity index (χ0) is 29.9. The van der Waals surface area contributed by atoms with E-state index < -0.39 is 5.66 Å². The first kappa shape index (κ1) is 27.6. The van der Waals surface area contributed by atoms with E-state index in [4.69, 9.17) is 9.72 Å². The number of benzene rings is 5. The fraction of sp³-hybridized carbons (Fsp3) is 0.0541. The van der Waals surface area contributed by atoms with Gasteiger partial charge < -0.3 is 26.0 Å². The number of nitrogens with zero attached hydrogens (tertiary/aromatic N) is 1. The molecular formula is C37H30BrN5O. The number of methoxy groups -OCH3 is 1. The second-order valence-electron chi connectivity index (χ2n) is 10.5. The maximum absolute atomic E-state index is 5.47. The summed E-state index contributed by atoms with van der Waals surface area (Å²) in [7, 11) is 1.68. The summed E-state index contributed by atoms with van der Waals surface area (Å²) in [5.41, 5.74) is 8.34. The Balaban J connectivity index is 1.35. The Morgan fingerprint density at radius 3 is 1.93 bits per heavy atom. The number of rotatable bonds is 9. The molecular weight excluding hydrogens is 610 g/mol. The fourth-order valence-corrected chi connectivity index (χ4v) is 6.21. The zero-order valence-electron chi connectivity index (χ0n) is 24.0. The molecule has 1 aliphatic rings. The molecule has 0 spiro atoms. The first-order valence-electron chi connectivity index (χ1n) is 14.4. The number of fused-ring (bicyclic) bond motifs is 3. The van der Waals surface area contributed by atoms with Gasteiger partial charge in [-0.25, -0.2) is 4.98 Å². The molecule has 0 radical (unpaired) electrons. The lowest BCUT2D eigenvalue weighted by molar-refractivity contribution is 0.415. The van der Waals surface area contributed by atoms with Gasteiger partial charge in [-0.3, -0.25) is 0 Å². The predicted molar refractivity (Wildman–Crippen MR) is 184 cm³/mol. The highest BCUT2D eigenvalue weighted by Gasteiger charge is 2.44. The average Bonchev–Trinajstić information content (AvgIpc) is 3.32. The smallest absolute Gasteiger partial charge is 0.162 e. The summed E-state index contributed by atoms with van der Waals surface area (Å²) < 4.78 is 6.46. The number of hydrogen-bond acceptors (Lipinski definition) is 6. The van der Waals surface area contributed by atoms with Gasteiger partial charge in [0.15, 0.2) is 11.5 Å². The van der Waals surface area contributed by atoms with Crippen LogP contribution in [-0.4, -0.2) is 12.1 Å². The van der Waals surface area contributed by atoms with Crippen molar-refractivity contribution in [2.24, 2.45) is 0 Å². The summed E-state index contributed by atoms with van der Waals surface area (Å²) in [6.45, 7) is 0. The van der Waals surface area contributed by atoms with Crippen LogP contribution in [0.15, 0.2) is 144 Å². The van der Waals surface area contributed by atoms with Crippen LogP contribution in [0.25, 0.3) is 11.1 Å². The largest absolute Gasteiger partial charge is 0.497 e. The topological polar surface area (TPSA) is 70.2 Å². The minimum absolute atomic E-state index is 0.719. The van der Waals surface area contributed by atoms with Gasteiger partial charge in [-0.2, -0.15) is 0 Å². The van der Waals surface area contributed by atoms with E-state index in [-0.39, 0.29) is 0 Å². The molecule has 7 rings (SSSR count). The third kappa shape index (κ3) is 5.23. The van der Waals surface area contributed by atoms with Gasteiger partial charge >= 0.3 is 0 Å². The molecule has 0 amide bonds.